The number of rotatable bonds is 5. The highest BCUT2D eigenvalue weighted by Crippen LogP contribution is 2.30. The van der Waals surface area contributed by atoms with Crippen LogP contribution in [-0.4, -0.2) is 21.8 Å². The van der Waals surface area contributed by atoms with Gasteiger partial charge in [0.05, 0.1) is 22.3 Å². The van der Waals surface area contributed by atoms with Gasteiger partial charge in [0.15, 0.2) is 5.52 Å². The molecule has 0 aliphatic carbocycles. The maximum Gasteiger partial charge on any atom is 0.294 e. The van der Waals surface area contributed by atoms with Gasteiger partial charge in [-0.3, -0.25) is 4.79 Å². The Labute approximate surface area is 181 Å². The monoisotopic (exact) mass is 444 g/mol. The summed E-state index contributed by atoms with van der Waals surface area (Å²) in [6.45, 7) is 2.26. The van der Waals surface area contributed by atoms with Crippen molar-refractivity contribution in [3.63, 3.8) is 0 Å². The van der Waals surface area contributed by atoms with Gasteiger partial charge in [-0.05, 0) is 43.8 Å². The van der Waals surface area contributed by atoms with Crippen molar-refractivity contribution in [1.29, 1.82) is 0 Å². The van der Waals surface area contributed by atoms with Crippen LogP contribution in [0.4, 0.5) is 0 Å². The summed E-state index contributed by atoms with van der Waals surface area (Å²) in [5, 5.41) is 10.1. The highest BCUT2D eigenvalue weighted by Gasteiger charge is 2.19. The Balaban J connectivity index is 1.83. The summed E-state index contributed by atoms with van der Waals surface area (Å²) < 4.78 is 2.28. The molecule has 2 aromatic carbocycles. The standard InChI is InChI=1S/C21H18Cl2N4OS/c1-12-25-19-20(29-12)18(14-5-9-16(23)10-6-14)26-27(21(19)28)11-17(24-2)13-3-7-15(22)8-4-13/h3-10,17,24H,11H2,1-2H3. The van der Waals surface area contributed by atoms with E-state index in [1.54, 1.807) is 0 Å². The molecule has 1 unspecified atom stereocenters. The molecular formula is C21H18Cl2N4OS. The van der Waals surface area contributed by atoms with Crippen LogP contribution in [0.15, 0.2) is 53.3 Å². The minimum atomic E-state index is -0.198. The van der Waals surface area contributed by atoms with Gasteiger partial charge in [-0.25, -0.2) is 9.67 Å². The van der Waals surface area contributed by atoms with Crippen LogP contribution >= 0.6 is 34.5 Å². The zero-order valence-corrected chi connectivity index (χ0v) is 18.1. The molecule has 2 aromatic heterocycles. The molecule has 1 N–H and O–H groups in total. The molecule has 0 saturated carbocycles. The molecule has 0 bridgehead atoms. The van der Waals surface area contributed by atoms with Crippen molar-refractivity contribution in [3.8, 4) is 11.3 Å². The topological polar surface area (TPSA) is 59.8 Å². The predicted octanol–water partition coefficient (Wildman–Crippen LogP) is 5.10. The van der Waals surface area contributed by atoms with E-state index in [9.17, 15) is 4.79 Å². The van der Waals surface area contributed by atoms with E-state index in [1.165, 1.54) is 16.0 Å². The van der Waals surface area contributed by atoms with Crippen molar-refractivity contribution in [2.24, 2.45) is 0 Å². The number of benzene rings is 2. The van der Waals surface area contributed by atoms with E-state index in [0.717, 1.165) is 26.5 Å². The second-order valence-corrected chi connectivity index (χ2v) is 8.72. The summed E-state index contributed by atoms with van der Waals surface area (Å²) in [5.41, 5.74) is 2.89. The SMILES string of the molecule is CNC(Cn1nc(-c2ccc(Cl)cc2)c2sc(C)nc2c1=O)c1ccc(Cl)cc1. The van der Waals surface area contributed by atoms with Crippen LogP contribution in [0.25, 0.3) is 21.5 Å². The van der Waals surface area contributed by atoms with Crippen LogP contribution < -0.4 is 10.9 Å². The van der Waals surface area contributed by atoms with E-state index in [4.69, 9.17) is 28.3 Å². The number of aromatic nitrogens is 3. The van der Waals surface area contributed by atoms with Gasteiger partial charge < -0.3 is 5.32 Å². The molecule has 148 valence electrons. The molecule has 0 aliphatic rings. The zero-order valence-electron chi connectivity index (χ0n) is 15.8. The molecule has 5 nitrogen and oxygen atoms in total. The van der Waals surface area contributed by atoms with Gasteiger partial charge in [-0.15, -0.1) is 11.3 Å². The lowest BCUT2D eigenvalue weighted by atomic mass is 10.1. The van der Waals surface area contributed by atoms with Crippen LogP contribution in [0.2, 0.25) is 10.0 Å². The number of halogens is 2. The number of likely N-dealkylation sites (N-methyl/N-ethyl adjacent to an activating group) is 1. The van der Waals surface area contributed by atoms with Crippen LogP contribution in [0, 0.1) is 6.92 Å². The van der Waals surface area contributed by atoms with Gasteiger partial charge in [0.1, 0.15) is 5.69 Å². The third kappa shape index (κ3) is 4.07. The molecule has 1 atom stereocenters. The first-order valence-corrected chi connectivity index (χ1v) is 10.6. The lowest BCUT2D eigenvalue weighted by molar-refractivity contribution is 0.456. The van der Waals surface area contributed by atoms with Crippen LogP contribution in [0.3, 0.4) is 0 Å². The maximum absolute atomic E-state index is 13.1. The fourth-order valence-corrected chi connectivity index (χ4v) is 4.39. The minimum Gasteiger partial charge on any atom is -0.311 e. The first-order chi connectivity index (χ1) is 14.0. The number of hydrogen-bond acceptors (Lipinski definition) is 5. The third-order valence-corrected chi connectivity index (χ3v) is 6.18. The number of nitrogens with zero attached hydrogens (tertiary/aromatic N) is 3. The molecule has 2 heterocycles. The summed E-state index contributed by atoms with van der Waals surface area (Å²) in [6.07, 6.45) is 0. The fourth-order valence-electron chi connectivity index (χ4n) is 3.22. The Kier molecular flexibility index (Phi) is 5.69. The highest BCUT2D eigenvalue weighted by atomic mass is 35.5. The van der Waals surface area contributed by atoms with Crippen molar-refractivity contribution in [3.05, 3.63) is 79.5 Å². The molecule has 29 heavy (non-hydrogen) atoms. The normalized spacial score (nSPS) is 12.4. The highest BCUT2D eigenvalue weighted by molar-refractivity contribution is 7.19. The quantitative estimate of drug-likeness (QED) is 0.465. The summed E-state index contributed by atoms with van der Waals surface area (Å²) in [7, 11) is 1.86. The van der Waals surface area contributed by atoms with Crippen LogP contribution in [-0.2, 0) is 6.54 Å². The number of fused-ring (bicyclic) bond motifs is 1. The molecule has 0 fully saturated rings. The first-order valence-electron chi connectivity index (χ1n) is 9.03. The van der Waals surface area contributed by atoms with E-state index in [0.29, 0.717) is 22.1 Å². The van der Waals surface area contributed by atoms with Gasteiger partial charge in [-0.1, -0.05) is 47.5 Å². The van der Waals surface area contributed by atoms with Gasteiger partial charge in [0.2, 0.25) is 0 Å². The molecule has 0 aliphatic heterocycles. The van der Waals surface area contributed by atoms with Crippen molar-refractivity contribution in [2.45, 2.75) is 19.5 Å². The smallest absolute Gasteiger partial charge is 0.294 e. The van der Waals surface area contributed by atoms with E-state index in [1.807, 2.05) is 62.5 Å². The lowest BCUT2D eigenvalue weighted by Crippen LogP contribution is -2.31. The van der Waals surface area contributed by atoms with Crippen molar-refractivity contribution in [2.75, 3.05) is 7.05 Å². The van der Waals surface area contributed by atoms with Gasteiger partial charge in [-0.2, -0.15) is 5.10 Å². The van der Waals surface area contributed by atoms with E-state index in [-0.39, 0.29) is 11.6 Å². The van der Waals surface area contributed by atoms with Crippen LogP contribution in [0.1, 0.15) is 16.6 Å². The Bertz CT molecular complexity index is 1220. The minimum absolute atomic E-state index is 0.104. The summed E-state index contributed by atoms with van der Waals surface area (Å²) in [4.78, 5) is 17.6. The second kappa shape index (κ2) is 8.24. The van der Waals surface area contributed by atoms with E-state index < -0.39 is 0 Å². The summed E-state index contributed by atoms with van der Waals surface area (Å²) >= 11 is 13.5. The average molecular weight is 445 g/mol. The number of aryl methyl sites for hydroxylation is 1. The van der Waals surface area contributed by atoms with Gasteiger partial charge in [0.25, 0.3) is 5.56 Å². The fraction of sp³-hybridized carbons (Fsp3) is 0.190. The van der Waals surface area contributed by atoms with Gasteiger partial charge in [0, 0.05) is 15.6 Å². The van der Waals surface area contributed by atoms with Crippen molar-refractivity contribution in [1.82, 2.24) is 20.1 Å². The van der Waals surface area contributed by atoms with Crippen molar-refractivity contribution >= 4 is 44.8 Å². The third-order valence-electron chi connectivity index (χ3n) is 4.70. The number of thiazole rings is 1. The number of nitrogens with one attached hydrogen (secondary N) is 1. The van der Waals surface area contributed by atoms with E-state index >= 15 is 0 Å². The van der Waals surface area contributed by atoms with Gasteiger partial charge >= 0.3 is 0 Å². The summed E-state index contributed by atoms with van der Waals surface area (Å²) in [6, 6.07) is 14.9. The Morgan fingerprint density at radius 1 is 1.07 bits per heavy atom. The molecule has 0 saturated heterocycles. The Morgan fingerprint density at radius 2 is 1.69 bits per heavy atom. The molecule has 4 aromatic rings. The molecule has 8 heteroatoms. The molecule has 0 spiro atoms. The second-order valence-electron chi connectivity index (χ2n) is 6.65. The largest absolute Gasteiger partial charge is 0.311 e. The lowest BCUT2D eigenvalue weighted by Gasteiger charge is -2.18. The average Bonchev–Trinajstić information content (AvgIpc) is 3.11. The van der Waals surface area contributed by atoms with E-state index in [2.05, 4.69) is 10.3 Å². The maximum atomic E-state index is 13.1. The molecule has 4 rings (SSSR count). The molecular weight excluding hydrogens is 427 g/mol. The molecule has 0 amide bonds. The summed E-state index contributed by atoms with van der Waals surface area (Å²) in [5.74, 6) is 0. The number of hydrogen-bond donors (Lipinski definition) is 1. The predicted molar refractivity (Wildman–Crippen MR) is 120 cm³/mol. The van der Waals surface area contributed by atoms with Crippen LogP contribution in [0.5, 0.6) is 0 Å². The zero-order chi connectivity index (χ0) is 20.5. The Hall–Kier alpha value is -2.25. The molecule has 0 radical (unpaired) electrons. The van der Waals surface area contributed by atoms with Crippen molar-refractivity contribution < 1.29 is 0 Å². The Morgan fingerprint density at radius 3 is 2.31 bits per heavy atom. The first kappa shape index (κ1) is 20.0.